The molecule has 0 aliphatic rings. The topological polar surface area (TPSA) is 126 Å². The lowest BCUT2D eigenvalue weighted by molar-refractivity contribution is -0.113. The molecule has 1 amide bonds. The number of hydrogen-bond donors (Lipinski definition) is 2. The predicted octanol–water partition coefficient (Wildman–Crippen LogP) is 3.23. The van der Waals surface area contributed by atoms with Crippen molar-refractivity contribution in [1.82, 2.24) is 15.0 Å². The fourth-order valence-electron chi connectivity index (χ4n) is 3.03. The van der Waals surface area contributed by atoms with Gasteiger partial charge in [-0.3, -0.25) is 14.6 Å². The Hall–Kier alpha value is -4.57. The molecule has 1 aromatic carbocycles. The molecule has 4 aromatic rings. The zero-order valence-corrected chi connectivity index (χ0v) is 15.7. The quantitative estimate of drug-likeness (QED) is 0.398. The minimum absolute atomic E-state index is 0.218. The summed E-state index contributed by atoms with van der Waals surface area (Å²) in [5.41, 5.74) is 9.53. The fourth-order valence-corrected chi connectivity index (χ4v) is 3.03. The number of aromatic amines is 1. The molecule has 0 fully saturated rings. The molecular formula is C23H15N5O2. The van der Waals surface area contributed by atoms with Gasteiger partial charge in [-0.15, -0.1) is 0 Å². The largest absolute Gasteiger partial charge is 0.366 e. The molecule has 0 saturated heterocycles. The van der Waals surface area contributed by atoms with Crippen LogP contribution >= 0.6 is 0 Å². The number of nitrogens with zero attached hydrogens (tertiary/aromatic N) is 3. The van der Waals surface area contributed by atoms with Crippen molar-refractivity contribution in [2.75, 3.05) is 0 Å². The minimum atomic E-state index is -0.528. The maximum Gasteiger partial charge on any atom is 0.241 e. The van der Waals surface area contributed by atoms with Crippen LogP contribution in [0.15, 0.2) is 67.1 Å². The van der Waals surface area contributed by atoms with E-state index in [1.165, 1.54) is 6.08 Å². The van der Waals surface area contributed by atoms with Gasteiger partial charge >= 0.3 is 0 Å². The first-order chi connectivity index (χ1) is 14.5. The second-order valence-corrected chi connectivity index (χ2v) is 6.55. The second kappa shape index (κ2) is 7.81. The highest BCUT2D eigenvalue weighted by molar-refractivity contribution is 6.07. The lowest BCUT2D eigenvalue weighted by atomic mass is 10.0. The Balaban J connectivity index is 1.62. The first kappa shape index (κ1) is 18.8. The van der Waals surface area contributed by atoms with Crippen LogP contribution in [0.2, 0.25) is 0 Å². The first-order valence-corrected chi connectivity index (χ1v) is 9.01. The number of nitrogens with one attached hydrogen (secondary N) is 1. The van der Waals surface area contributed by atoms with E-state index in [2.05, 4.69) is 15.0 Å². The van der Waals surface area contributed by atoms with Gasteiger partial charge in [-0.1, -0.05) is 6.07 Å². The van der Waals surface area contributed by atoms with Crippen molar-refractivity contribution < 1.29 is 9.59 Å². The van der Waals surface area contributed by atoms with Gasteiger partial charge in [-0.2, -0.15) is 5.26 Å². The number of amides is 1. The summed E-state index contributed by atoms with van der Waals surface area (Å²) in [5, 5.41) is 9.70. The third kappa shape index (κ3) is 3.70. The van der Waals surface area contributed by atoms with Crippen molar-refractivity contribution >= 4 is 28.8 Å². The molecule has 4 rings (SSSR count). The highest BCUT2D eigenvalue weighted by atomic mass is 16.1. The number of carbonyl (C=O) groups excluding carboxylic acids is 2. The molecule has 0 aliphatic carbocycles. The molecule has 0 aliphatic heterocycles. The number of H-pyrrole nitrogens is 1. The summed E-state index contributed by atoms with van der Waals surface area (Å²) in [6.45, 7) is 0. The van der Waals surface area contributed by atoms with E-state index in [1.807, 2.05) is 12.1 Å². The summed E-state index contributed by atoms with van der Waals surface area (Å²) in [5.74, 6) is -0.746. The SMILES string of the molecule is N#Cc1ccc(C(=O)c2ccc(-c3cnc4[nH]cc(/C=C/C(N)=O)c4c3)cn2)cc1. The molecule has 0 bridgehead atoms. The van der Waals surface area contributed by atoms with Gasteiger partial charge in [0.15, 0.2) is 0 Å². The smallest absolute Gasteiger partial charge is 0.241 e. The van der Waals surface area contributed by atoms with Gasteiger partial charge in [-0.05, 0) is 42.5 Å². The van der Waals surface area contributed by atoms with Gasteiger partial charge in [0.25, 0.3) is 0 Å². The Labute approximate surface area is 171 Å². The Bertz CT molecular complexity index is 1330. The van der Waals surface area contributed by atoms with E-state index in [4.69, 9.17) is 11.0 Å². The molecule has 144 valence electrons. The van der Waals surface area contributed by atoms with Crippen molar-refractivity contribution in [1.29, 1.82) is 5.26 Å². The van der Waals surface area contributed by atoms with E-state index >= 15 is 0 Å². The zero-order chi connectivity index (χ0) is 21.1. The lowest BCUT2D eigenvalue weighted by Gasteiger charge is -2.04. The first-order valence-electron chi connectivity index (χ1n) is 9.01. The van der Waals surface area contributed by atoms with Gasteiger partial charge in [0.1, 0.15) is 11.3 Å². The van der Waals surface area contributed by atoms with Crippen LogP contribution in [-0.4, -0.2) is 26.6 Å². The molecular weight excluding hydrogens is 378 g/mol. The summed E-state index contributed by atoms with van der Waals surface area (Å²) in [7, 11) is 0. The average Bonchev–Trinajstić information content (AvgIpc) is 3.19. The van der Waals surface area contributed by atoms with E-state index in [0.717, 1.165) is 22.1 Å². The summed E-state index contributed by atoms with van der Waals surface area (Å²) in [6, 6.07) is 13.8. The molecule has 0 spiro atoms. The van der Waals surface area contributed by atoms with Gasteiger partial charge in [0.05, 0.1) is 11.6 Å². The maximum atomic E-state index is 12.6. The van der Waals surface area contributed by atoms with Crippen molar-refractivity contribution in [3.8, 4) is 17.2 Å². The van der Waals surface area contributed by atoms with E-state index < -0.39 is 5.91 Å². The number of aromatic nitrogens is 3. The van der Waals surface area contributed by atoms with Crippen LogP contribution in [0.25, 0.3) is 28.2 Å². The maximum absolute atomic E-state index is 12.6. The fraction of sp³-hybridized carbons (Fsp3) is 0. The number of primary amides is 1. The average molecular weight is 393 g/mol. The van der Waals surface area contributed by atoms with E-state index in [-0.39, 0.29) is 5.78 Å². The molecule has 0 saturated carbocycles. The van der Waals surface area contributed by atoms with Crippen molar-refractivity contribution in [2.45, 2.75) is 0 Å². The summed E-state index contributed by atoms with van der Waals surface area (Å²) >= 11 is 0. The van der Waals surface area contributed by atoms with Gasteiger partial charge < -0.3 is 10.7 Å². The molecule has 0 radical (unpaired) electrons. The number of pyridine rings is 2. The molecule has 3 N–H and O–H groups in total. The molecule has 7 heteroatoms. The summed E-state index contributed by atoms with van der Waals surface area (Å²) in [6.07, 6.45) is 7.99. The minimum Gasteiger partial charge on any atom is -0.366 e. The number of nitrogens with two attached hydrogens (primary N) is 1. The third-order valence-corrected chi connectivity index (χ3v) is 4.60. The van der Waals surface area contributed by atoms with Crippen molar-refractivity contribution in [2.24, 2.45) is 5.73 Å². The van der Waals surface area contributed by atoms with Crippen LogP contribution in [0.4, 0.5) is 0 Å². The number of fused-ring (bicyclic) bond motifs is 1. The Morgan fingerprint density at radius 2 is 1.80 bits per heavy atom. The zero-order valence-electron chi connectivity index (χ0n) is 15.7. The highest BCUT2D eigenvalue weighted by Crippen LogP contribution is 2.25. The Kier molecular flexibility index (Phi) is 4.89. The normalized spacial score (nSPS) is 10.9. The standard InChI is InChI=1S/C23H15N5O2/c24-10-14-1-3-15(4-2-14)22(30)20-7-5-16(11-26-20)18-9-19-17(6-8-21(25)29)12-27-23(19)28-13-18/h1-9,11-13H,(H2,25,29)(H,27,28)/b8-6+. The number of nitriles is 1. The lowest BCUT2D eigenvalue weighted by Crippen LogP contribution is -2.04. The monoisotopic (exact) mass is 393 g/mol. The Morgan fingerprint density at radius 1 is 1.03 bits per heavy atom. The number of ketones is 1. The van der Waals surface area contributed by atoms with E-state index in [1.54, 1.807) is 61.1 Å². The predicted molar refractivity (Wildman–Crippen MR) is 112 cm³/mol. The van der Waals surface area contributed by atoms with Gasteiger partial charge in [0.2, 0.25) is 11.7 Å². The second-order valence-electron chi connectivity index (χ2n) is 6.55. The molecule has 0 atom stereocenters. The summed E-state index contributed by atoms with van der Waals surface area (Å²) < 4.78 is 0. The highest BCUT2D eigenvalue weighted by Gasteiger charge is 2.12. The van der Waals surface area contributed by atoms with E-state index in [9.17, 15) is 9.59 Å². The van der Waals surface area contributed by atoms with Crippen LogP contribution in [0.1, 0.15) is 27.2 Å². The van der Waals surface area contributed by atoms with Crippen LogP contribution in [0, 0.1) is 11.3 Å². The number of carbonyl (C=O) groups is 2. The van der Waals surface area contributed by atoms with Crippen LogP contribution in [-0.2, 0) is 4.79 Å². The molecule has 3 aromatic heterocycles. The van der Waals surface area contributed by atoms with Crippen LogP contribution in [0.5, 0.6) is 0 Å². The molecule has 7 nitrogen and oxygen atoms in total. The van der Waals surface area contributed by atoms with Gasteiger partial charge in [0, 0.05) is 52.3 Å². The number of hydrogen-bond acceptors (Lipinski definition) is 5. The molecule has 3 heterocycles. The van der Waals surface area contributed by atoms with Crippen molar-refractivity contribution in [3.05, 3.63) is 89.5 Å². The van der Waals surface area contributed by atoms with Crippen molar-refractivity contribution in [3.63, 3.8) is 0 Å². The van der Waals surface area contributed by atoms with E-state index in [0.29, 0.717) is 22.5 Å². The van der Waals surface area contributed by atoms with Gasteiger partial charge in [-0.25, -0.2) is 4.98 Å². The summed E-state index contributed by atoms with van der Waals surface area (Å²) in [4.78, 5) is 35.3. The number of benzene rings is 1. The molecule has 30 heavy (non-hydrogen) atoms. The molecule has 0 unspecified atom stereocenters. The number of rotatable bonds is 5. The third-order valence-electron chi connectivity index (χ3n) is 4.60. The Morgan fingerprint density at radius 3 is 2.47 bits per heavy atom. The van der Waals surface area contributed by atoms with Crippen LogP contribution < -0.4 is 5.73 Å². The van der Waals surface area contributed by atoms with Crippen LogP contribution in [0.3, 0.4) is 0 Å².